The van der Waals surface area contributed by atoms with Gasteiger partial charge in [0.15, 0.2) is 6.61 Å². The molecule has 1 aromatic carbocycles. The lowest BCUT2D eigenvalue weighted by Crippen LogP contribution is -2.47. The van der Waals surface area contributed by atoms with Crippen molar-refractivity contribution < 1.29 is 27.5 Å². The highest BCUT2D eigenvalue weighted by Crippen LogP contribution is 2.18. The Kier molecular flexibility index (Phi) is 6.76. The molecule has 0 atom stereocenters. The first kappa shape index (κ1) is 21.4. The summed E-state index contributed by atoms with van der Waals surface area (Å²) in [6.45, 7) is -0.547. The van der Waals surface area contributed by atoms with Crippen LogP contribution in [0.2, 0.25) is 0 Å². The van der Waals surface area contributed by atoms with Crippen molar-refractivity contribution in [2.75, 3.05) is 25.0 Å². The minimum absolute atomic E-state index is 0.0611. The number of halogens is 3. The Balaban J connectivity index is 1.45. The van der Waals surface area contributed by atoms with Crippen LogP contribution >= 0.6 is 0 Å². The number of carbonyl (C=O) groups is 2. The highest BCUT2D eigenvalue weighted by molar-refractivity contribution is 5.94. The Morgan fingerprint density at radius 2 is 1.80 bits per heavy atom. The lowest BCUT2D eigenvalue weighted by atomic mass is 10.0. The lowest BCUT2D eigenvalue weighted by molar-refractivity contribution is -0.154. The van der Waals surface area contributed by atoms with Gasteiger partial charge in [-0.25, -0.2) is 9.78 Å². The predicted molar refractivity (Wildman–Crippen MR) is 103 cm³/mol. The Morgan fingerprint density at radius 3 is 2.40 bits per heavy atom. The molecule has 2 heterocycles. The average molecular weight is 422 g/mol. The number of ether oxygens (including phenoxy) is 1. The minimum atomic E-state index is -4.45. The number of rotatable bonds is 5. The number of piperidine rings is 1. The number of para-hydroxylation sites is 1. The molecule has 30 heavy (non-hydrogen) atoms. The predicted octanol–water partition coefficient (Wildman–Crippen LogP) is 3.45. The molecule has 10 heteroatoms. The van der Waals surface area contributed by atoms with Gasteiger partial charge in [-0.3, -0.25) is 4.79 Å². The maximum Gasteiger partial charge on any atom is 0.422 e. The lowest BCUT2D eigenvalue weighted by Gasteiger charge is -2.32. The van der Waals surface area contributed by atoms with Gasteiger partial charge in [-0.1, -0.05) is 18.2 Å². The third kappa shape index (κ3) is 6.36. The van der Waals surface area contributed by atoms with E-state index in [0.717, 1.165) is 0 Å². The van der Waals surface area contributed by atoms with Crippen molar-refractivity contribution in [3.05, 3.63) is 54.2 Å². The minimum Gasteiger partial charge on any atom is -0.468 e. The Bertz CT molecular complexity index is 852. The zero-order valence-corrected chi connectivity index (χ0v) is 16.0. The SMILES string of the molecule is O=C(Nc1ccccc1)NC1CCN(C(=O)c2ccc(OCC(F)(F)F)nc2)CC1. The fraction of sp³-hybridized carbons (Fsp3) is 0.350. The molecule has 3 rings (SSSR count). The molecule has 160 valence electrons. The van der Waals surface area contributed by atoms with Crippen molar-refractivity contribution in [1.82, 2.24) is 15.2 Å². The molecule has 1 aliphatic heterocycles. The van der Waals surface area contributed by atoms with Crippen LogP contribution in [0.15, 0.2) is 48.7 Å². The summed E-state index contributed by atoms with van der Waals surface area (Å²) >= 11 is 0. The number of likely N-dealkylation sites (tertiary alicyclic amines) is 1. The van der Waals surface area contributed by atoms with Gasteiger partial charge in [-0.15, -0.1) is 0 Å². The molecule has 1 saturated heterocycles. The van der Waals surface area contributed by atoms with Crippen LogP contribution in [0.1, 0.15) is 23.2 Å². The van der Waals surface area contributed by atoms with E-state index < -0.39 is 12.8 Å². The second kappa shape index (κ2) is 9.47. The topological polar surface area (TPSA) is 83.6 Å². The van der Waals surface area contributed by atoms with Gasteiger partial charge in [-0.2, -0.15) is 13.2 Å². The van der Waals surface area contributed by atoms with Gasteiger partial charge >= 0.3 is 12.2 Å². The number of carbonyl (C=O) groups excluding carboxylic acids is 2. The van der Waals surface area contributed by atoms with E-state index in [0.29, 0.717) is 31.6 Å². The van der Waals surface area contributed by atoms with E-state index >= 15 is 0 Å². The summed E-state index contributed by atoms with van der Waals surface area (Å²) in [5.74, 6) is -0.465. The van der Waals surface area contributed by atoms with Crippen LogP contribution in [0.5, 0.6) is 5.88 Å². The van der Waals surface area contributed by atoms with Crippen LogP contribution in [0.25, 0.3) is 0 Å². The number of pyridine rings is 1. The van der Waals surface area contributed by atoms with Crippen molar-refractivity contribution >= 4 is 17.6 Å². The summed E-state index contributed by atoms with van der Waals surface area (Å²) in [7, 11) is 0. The summed E-state index contributed by atoms with van der Waals surface area (Å²) < 4.78 is 41.0. The molecule has 7 nitrogen and oxygen atoms in total. The van der Waals surface area contributed by atoms with Crippen molar-refractivity contribution in [2.45, 2.75) is 25.1 Å². The van der Waals surface area contributed by atoms with Crippen LogP contribution in [0.3, 0.4) is 0 Å². The molecule has 0 unspecified atom stereocenters. The molecule has 1 aromatic heterocycles. The molecule has 0 spiro atoms. The third-order valence-corrected chi connectivity index (χ3v) is 4.52. The number of nitrogens with zero attached hydrogens (tertiary/aromatic N) is 2. The van der Waals surface area contributed by atoms with Crippen molar-refractivity contribution in [3.63, 3.8) is 0 Å². The normalized spacial score (nSPS) is 14.8. The molecule has 0 radical (unpaired) electrons. The summed E-state index contributed by atoms with van der Waals surface area (Å²) in [5.41, 5.74) is 0.959. The van der Waals surface area contributed by atoms with E-state index in [2.05, 4.69) is 20.4 Å². The van der Waals surface area contributed by atoms with E-state index in [1.165, 1.54) is 18.3 Å². The molecule has 1 aliphatic rings. The van der Waals surface area contributed by atoms with Crippen LogP contribution < -0.4 is 15.4 Å². The number of amides is 3. The highest BCUT2D eigenvalue weighted by atomic mass is 19.4. The maximum atomic E-state index is 12.6. The maximum absolute atomic E-state index is 12.6. The van der Waals surface area contributed by atoms with Crippen molar-refractivity contribution in [3.8, 4) is 5.88 Å². The standard InChI is InChI=1S/C20H21F3N4O3/c21-20(22,23)13-30-17-7-6-14(12-24-17)18(28)27-10-8-16(9-11-27)26-19(29)25-15-4-2-1-3-5-15/h1-7,12,16H,8-11,13H2,(H2,25,26,29). The average Bonchev–Trinajstić information content (AvgIpc) is 2.73. The number of alkyl halides is 3. The van der Waals surface area contributed by atoms with Gasteiger partial charge in [-0.05, 0) is 31.0 Å². The third-order valence-electron chi connectivity index (χ3n) is 4.52. The number of hydrogen-bond acceptors (Lipinski definition) is 4. The first-order valence-corrected chi connectivity index (χ1v) is 9.37. The van der Waals surface area contributed by atoms with Crippen molar-refractivity contribution in [1.29, 1.82) is 0 Å². The molecule has 3 amide bonds. The summed E-state index contributed by atoms with van der Waals surface area (Å²) in [5, 5.41) is 5.64. The van der Waals surface area contributed by atoms with Gasteiger partial charge in [0.05, 0.1) is 5.56 Å². The van der Waals surface area contributed by atoms with Crippen LogP contribution in [0, 0.1) is 0 Å². The zero-order valence-electron chi connectivity index (χ0n) is 16.0. The number of benzene rings is 1. The van der Waals surface area contributed by atoms with Crippen LogP contribution in [-0.4, -0.2) is 53.7 Å². The summed E-state index contributed by atoms with van der Waals surface area (Å²) in [6.07, 6.45) is -2.07. The molecule has 2 N–H and O–H groups in total. The van der Waals surface area contributed by atoms with E-state index in [9.17, 15) is 22.8 Å². The van der Waals surface area contributed by atoms with E-state index in [-0.39, 0.29) is 29.4 Å². The first-order chi connectivity index (χ1) is 14.3. The smallest absolute Gasteiger partial charge is 0.422 e. The number of aromatic nitrogens is 1. The fourth-order valence-electron chi connectivity index (χ4n) is 3.03. The van der Waals surface area contributed by atoms with Crippen LogP contribution in [-0.2, 0) is 0 Å². The summed E-state index contributed by atoms with van der Waals surface area (Å²) in [6, 6.07) is 11.3. The summed E-state index contributed by atoms with van der Waals surface area (Å²) in [4.78, 5) is 30.0. The second-order valence-corrected chi connectivity index (χ2v) is 6.82. The molecule has 2 aromatic rings. The van der Waals surface area contributed by atoms with Crippen LogP contribution in [0.4, 0.5) is 23.7 Å². The molecular weight excluding hydrogens is 401 g/mol. The number of anilines is 1. The van der Waals surface area contributed by atoms with Crippen molar-refractivity contribution in [2.24, 2.45) is 0 Å². The van der Waals surface area contributed by atoms with Gasteiger partial charge in [0.1, 0.15) is 0 Å². The van der Waals surface area contributed by atoms with Gasteiger partial charge < -0.3 is 20.3 Å². The molecular formula is C20H21F3N4O3. The Morgan fingerprint density at radius 1 is 1.10 bits per heavy atom. The molecule has 0 bridgehead atoms. The monoisotopic (exact) mass is 422 g/mol. The highest BCUT2D eigenvalue weighted by Gasteiger charge is 2.29. The number of urea groups is 1. The van der Waals surface area contributed by atoms with E-state index in [1.807, 2.05) is 18.2 Å². The number of hydrogen-bond donors (Lipinski definition) is 2. The Labute approximate surface area is 171 Å². The Hall–Kier alpha value is -3.30. The fourth-order valence-corrected chi connectivity index (χ4v) is 3.03. The largest absolute Gasteiger partial charge is 0.468 e. The quantitative estimate of drug-likeness (QED) is 0.773. The molecule has 0 aliphatic carbocycles. The zero-order chi connectivity index (χ0) is 21.6. The van der Waals surface area contributed by atoms with E-state index in [1.54, 1.807) is 17.0 Å². The number of nitrogens with one attached hydrogen (secondary N) is 2. The van der Waals surface area contributed by atoms with Gasteiger partial charge in [0, 0.05) is 37.1 Å². The molecule has 0 saturated carbocycles. The molecule has 1 fully saturated rings. The van der Waals surface area contributed by atoms with Gasteiger partial charge in [0.25, 0.3) is 5.91 Å². The van der Waals surface area contributed by atoms with E-state index in [4.69, 9.17) is 0 Å². The second-order valence-electron chi connectivity index (χ2n) is 6.82. The first-order valence-electron chi connectivity index (χ1n) is 9.37. The van der Waals surface area contributed by atoms with Gasteiger partial charge in [0.2, 0.25) is 5.88 Å².